The summed E-state index contributed by atoms with van der Waals surface area (Å²) in [7, 11) is -3.56. The van der Waals surface area contributed by atoms with E-state index in [0.29, 0.717) is 29.1 Å². The molecule has 1 aromatic heterocycles. The Hall–Kier alpha value is -1.57. The van der Waals surface area contributed by atoms with Crippen LogP contribution in [0.3, 0.4) is 0 Å². The van der Waals surface area contributed by atoms with Crippen molar-refractivity contribution in [1.29, 1.82) is 0 Å². The summed E-state index contributed by atoms with van der Waals surface area (Å²) in [6.07, 6.45) is 1.43. The quantitative estimate of drug-likeness (QED) is 0.824. The maximum Gasteiger partial charge on any atom is 0.245 e. The molecule has 2 unspecified atom stereocenters. The Morgan fingerprint density at radius 2 is 2.14 bits per heavy atom. The predicted octanol–water partition coefficient (Wildman–Crippen LogP) is 1.55. The number of hydrogen-bond donors (Lipinski definition) is 2. The Morgan fingerprint density at radius 3 is 2.90 bits per heavy atom. The van der Waals surface area contributed by atoms with Crippen LogP contribution in [0.1, 0.15) is 13.8 Å². The van der Waals surface area contributed by atoms with E-state index in [1.54, 1.807) is 18.2 Å². The van der Waals surface area contributed by atoms with Gasteiger partial charge in [-0.05, 0) is 32.0 Å². The zero-order chi connectivity index (χ0) is 15.2. The van der Waals surface area contributed by atoms with Gasteiger partial charge in [-0.3, -0.25) is 0 Å². The average molecular weight is 309 g/mol. The fourth-order valence-electron chi connectivity index (χ4n) is 2.66. The van der Waals surface area contributed by atoms with Crippen molar-refractivity contribution in [3.05, 3.63) is 24.4 Å². The molecule has 7 heteroatoms. The second-order valence-corrected chi connectivity index (χ2v) is 7.38. The summed E-state index contributed by atoms with van der Waals surface area (Å²) < 4.78 is 32.9. The van der Waals surface area contributed by atoms with Crippen LogP contribution in [-0.2, 0) is 14.8 Å². The highest BCUT2D eigenvalue weighted by atomic mass is 32.2. The first-order valence-electron chi connectivity index (χ1n) is 6.89. The van der Waals surface area contributed by atoms with Crippen molar-refractivity contribution in [2.24, 2.45) is 0 Å². The largest absolute Gasteiger partial charge is 0.399 e. The topological polar surface area (TPSA) is 88.4 Å². The summed E-state index contributed by atoms with van der Waals surface area (Å²) in [5, 5.41) is 0.663. The molecular formula is C14H19N3O3S. The number of fused-ring (bicyclic) bond motifs is 1. The van der Waals surface area contributed by atoms with Crippen LogP contribution in [0, 0.1) is 0 Å². The predicted molar refractivity (Wildman–Crippen MR) is 81.5 cm³/mol. The van der Waals surface area contributed by atoms with Crippen LogP contribution < -0.4 is 5.73 Å². The number of rotatable bonds is 2. The van der Waals surface area contributed by atoms with E-state index in [9.17, 15) is 8.42 Å². The number of H-pyrrole nitrogens is 1. The van der Waals surface area contributed by atoms with E-state index < -0.39 is 10.0 Å². The molecule has 0 aliphatic carbocycles. The van der Waals surface area contributed by atoms with E-state index in [2.05, 4.69) is 4.98 Å². The third kappa shape index (κ3) is 2.41. The Kier molecular flexibility index (Phi) is 3.43. The van der Waals surface area contributed by atoms with Crippen molar-refractivity contribution in [2.75, 3.05) is 18.9 Å². The first kappa shape index (κ1) is 14.4. The van der Waals surface area contributed by atoms with Gasteiger partial charge in [0.2, 0.25) is 10.0 Å². The van der Waals surface area contributed by atoms with Crippen LogP contribution in [0.4, 0.5) is 5.69 Å². The lowest BCUT2D eigenvalue weighted by Crippen LogP contribution is -2.49. The van der Waals surface area contributed by atoms with Gasteiger partial charge in [0.05, 0.1) is 12.7 Å². The molecule has 2 heterocycles. The van der Waals surface area contributed by atoms with Crippen molar-refractivity contribution < 1.29 is 13.2 Å². The van der Waals surface area contributed by atoms with Gasteiger partial charge < -0.3 is 15.5 Å². The van der Waals surface area contributed by atoms with Gasteiger partial charge in [-0.1, -0.05) is 0 Å². The normalized spacial score (nSPS) is 24.5. The van der Waals surface area contributed by atoms with Crippen molar-refractivity contribution in [2.45, 2.75) is 30.9 Å². The molecule has 21 heavy (non-hydrogen) atoms. The number of aromatic nitrogens is 1. The van der Waals surface area contributed by atoms with Crippen LogP contribution in [-0.4, -0.2) is 43.0 Å². The maximum absolute atomic E-state index is 12.9. The number of sulfonamides is 1. The molecule has 1 fully saturated rings. The monoisotopic (exact) mass is 309 g/mol. The lowest BCUT2D eigenvalue weighted by molar-refractivity contribution is -0.0170. The molecule has 0 amide bonds. The molecule has 0 radical (unpaired) electrons. The number of anilines is 1. The third-order valence-electron chi connectivity index (χ3n) is 3.81. The molecule has 1 aliphatic rings. The molecule has 2 atom stereocenters. The molecule has 114 valence electrons. The van der Waals surface area contributed by atoms with Gasteiger partial charge >= 0.3 is 0 Å². The molecule has 1 aromatic carbocycles. The molecular weight excluding hydrogens is 290 g/mol. The highest BCUT2D eigenvalue weighted by molar-refractivity contribution is 7.89. The van der Waals surface area contributed by atoms with Gasteiger partial charge in [0.15, 0.2) is 0 Å². The van der Waals surface area contributed by atoms with Gasteiger partial charge in [0, 0.05) is 35.4 Å². The Morgan fingerprint density at radius 1 is 1.38 bits per heavy atom. The van der Waals surface area contributed by atoms with E-state index in [-0.39, 0.29) is 12.1 Å². The summed E-state index contributed by atoms with van der Waals surface area (Å²) in [4.78, 5) is 3.27. The molecule has 0 spiro atoms. The standard InChI is InChI=1S/C14H19N3O3S/c1-9-8-20-10(2)7-17(9)21(18,19)14-6-16-13-5-11(15)3-4-12(13)14/h3-6,9-10,16H,7-8,15H2,1-2H3. The summed E-state index contributed by atoms with van der Waals surface area (Å²) in [5.74, 6) is 0. The smallest absolute Gasteiger partial charge is 0.245 e. The lowest BCUT2D eigenvalue weighted by atomic mass is 10.2. The van der Waals surface area contributed by atoms with Gasteiger partial charge in [-0.25, -0.2) is 8.42 Å². The van der Waals surface area contributed by atoms with Gasteiger partial charge in [-0.15, -0.1) is 0 Å². The van der Waals surface area contributed by atoms with Gasteiger partial charge in [-0.2, -0.15) is 4.31 Å². The summed E-state index contributed by atoms with van der Waals surface area (Å²) in [5.41, 5.74) is 7.05. The molecule has 3 rings (SSSR count). The highest BCUT2D eigenvalue weighted by Crippen LogP contribution is 2.29. The van der Waals surface area contributed by atoms with Crippen LogP contribution in [0.5, 0.6) is 0 Å². The summed E-state index contributed by atoms with van der Waals surface area (Å²) in [6.45, 7) is 4.52. The molecule has 0 saturated carbocycles. The minimum atomic E-state index is -3.56. The Bertz CT molecular complexity index is 769. The van der Waals surface area contributed by atoms with Crippen LogP contribution >= 0.6 is 0 Å². The maximum atomic E-state index is 12.9. The first-order valence-corrected chi connectivity index (χ1v) is 8.33. The number of nitrogens with one attached hydrogen (secondary N) is 1. The zero-order valence-corrected chi connectivity index (χ0v) is 12.9. The van der Waals surface area contributed by atoms with Crippen molar-refractivity contribution >= 4 is 26.6 Å². The van der Waals surface area contributed by atoms with E-state index >= 15 is 0 Å². The van der Waals surface area contributed by atoms with E-state index in [4.69, 9.17) is 10.5 Å². The minimum absolute atomic E-state index is 0.100. The van der Waals surface area contributed by atoms with Crippen LogP contribution in [0.2, 0.25) is 0 Å². The third-order valence-corrected chi connectivity index (χ3v) is 5.83. The molecule has 1 saturated heterocycles. The summed E-state index contributed by atoms with van der Waals surface area (Å²) in [6, 6.07) is 5.01. The van der Waals surface area contributed by atoms with Crippen molar-refractivity contribution in [3.63, 3.8) is 0 Å². The summed E-state index contributed by atoms with van der Waals surface area (Å²) >= 11 is 0. The number of nitrogen functional groups attached to an aromatic ring is 1. The lowest BCUT2D eigenvalue weighted by Gasteiger charge is -2.35. The Labute approximate surface area is 123 Å². The minimum Gasteiger partial charge on any atom is -0.399 e. The van der Waals surface area contributed by atoms with Crippen LogP contribution in [0.15, 0.2) is 29.3 Å². The number of ether oxygens (including phenoxy) is 1. The Balaban J connectivity index is 2.07. The van der Waals surface area contributed by atoms with E-state index in [1.165, 1.54) is 10.5 Å². The van der Waals surface area contributed by atoms with E-state index in [1.807, 2.05) is 13.8 Å². The van der Waals surface area contributed by atoms with E-state index in [0.717, 1.165) is 5.52 Å². The second-order valence-electron chi connectivity index (χ2n) is 5.53. The number of nitrogens with two attached hydrogens (primary N) is 1. The zero-order valence-electron chi connectivity index (χ0n) is 12.0. The highest BCUT2D eigenvalue weighted by Gasteiger charge is 2.35. The van der Waals surface area contributed by atoms with Gasteiger partial charge in [0.1, 0.15) is 4.90 Å². The average Bonchev–Trinajstić information content (AvgIpc) is 2.84. The van der Waals surface area contributed by atoms with Crippen molar-refractivity contribution in [3.8, 4) is 0 Å². The van der Waals surface area contributed by atoms with Crippen molar-refractivity contribution in [1.82, 2.24) is 9.29 Å². The first-order chi connectivity index (χ1) is 9.89. The fraction of sp³-hybridized carbons (Fsp3) is 0.429. The molecule has 2 aromatic rings. The SMILES string of the molecule is CC1CN(S(=O)(=O)c2c[nH]c3cc(N)ccc23)C(C)CO1. The number of benzene rings is 1. The number of nitrogens with zero attached hydrogens (tertiary/aromatic N) is 1. The fourth-order valence-corrected chi connectivity index (χ4v) is 4.52. The number of hydrogen-bond acceptors (Lipinski definition) is 4. The molecule has 0 bridgehead atoms. The molecule has 3 N–H and O–H groups in total. The van der Waals surface area contributed by atoms with Gasteiger partial charge in [0.25, 0.3) is 0 Å². The number of morpholine rings is 1. The van der Waals surface area contributed by atoms with Crippen LogP contribution in [0.25, 0.3) is 10.9 Å². The molecule has 6 nitrogen and oxygen atoms in total. The second kappa shape index (κ2) is 5.01. The number of aromatic amines is 1. The molecule has 1 aliphatic heterocycles.